The van der Waals surface area contributed by atoms with E-state index >= 15 is 0 Å². The molecule has 0 aromatic heterocycles. The summed E-state index contributed by atoms with van der Waals surface area (Å²) in [6, 6.07) is 8.55. The monoisotopic (exact) mass is 540 g/mol. The van der Waals surface area contributed by atoms with E-state index in [1.165, 1.54) is 18.2 Å². The SMILES string of the molecule is O=S(=O)(CC1CC1)NCCOc1cc2c(cc1F)CC(CN1CCC1)C2Cc1cccc(C(F)(F)F)c1. The van der Waals surface area contributed by atoms with Crippen molar-refractivity contribution in [3.05, 3.63) is 64.5 Å². The molecule has 3 aliphatic rings. The molecule has 2 aromatic carbocycles. The van der Waals surface area contributed by atoms with Crippen molar-refractivity contribution in [2.45, 2.75) is 44.2 Å². The Balaban J connectivity index is 1.31. The van der Waals surface area contributed by atoms with Crippen molar-refractivity contribution in [3.63, 3.8) is 0 Å². The average Bonchev–Trinajstić information content (AvgIpc) is 3.54. The predicted molar refractivity (Wildman–Crippen MR) is 133 cm³/mol. The van der Waals surface area contributed by atoms with E-state index in [9.17, 15) is 26.0 Å². The van der Waals surface area contributed by atoms with E-state index in [4.69, 9.17) is 4.74 Å². The maximum absolute atomic E-state index is 14.9. The van der Waals surface area contributed by atoms with Crippen molar-refractivity contribution in [2.75, 3.05) is 38.5 Å². The molecule has 37 heavy (non-hydrogen) atoms. The number of rotatable bonds is 11. The largest absolute Gasteiger partial charge is 0.489 e. The number of alkyl halides is 3. The third kappa shape index (κ3) is 6.64. The summed E-state index contributed by atoms with van der Waals surface area (Å²) in [6.07, 6.45) is -0.342. The minimum Gasteiger partial charge on any atom is -0.489 e. The summed E-state index contributed by atoms with van der Waals surface area (Å²) in [7, 11) is -3.37. The Morgan fingerprint density at radius 1 is 1.11 bits per heavy atom. The Morgan fingerprint density at radius 2 is 1.89 bits per heavy atom. The summed E-state index contributed by atoms with van der Waals surface area (Å²) in [4.78, 5) is 2.33. The number of likely N-dealkylation sites (tertiary alicyclic amines) is 1. The highest BCUT2D eigenvalue weighted by molar-refractivity contribution is 7.89. The standard InChI is InChI=1S/C27H32F4N2O3S/c28-25-14-20-13-21(16-33-8-2-9-33)23(12-19-3-1-4-22(11-19)27(29,30)31)24(20)15-26(25)36-10-7-32-37(34,35)17-18-5-6-18/h1,3-4,11,14-15,18,21,23,32H,2,5-10,12-13,16-17H2. The lowest BCUT2D eigenvalue weighted by atomic mass is 9.85. The topological polar surface area (TPSA) is 58.6 Å². The summed E-state index contributed by atoms with van der Waals surface area (Å²) in [5.41, 5.74) is 1.68. The normalized spacial score (nSPS) is 22.1. The maximum atomic E-state index is 14.9. The number of nitrogens with one attached hydrogen (secondary N) is 1. The highest BCUT2D eigenvalue weighted by Gasteiger charge is 2.37. The molecular weight excluding hydrogens is 508 g/mol. The molecule has 1 saturated heterocycles. The van der Waals surface area contributed by atoms with Crippen LogP contribution in [0.5, 0.6) is 5.75 Å². The molecule has 0 bridgehead atoms. The van der Waals surface area contributed by atoms with Gasteiger partial charge in [0.05, 0.1) is 11.3 Å². The first-order valence-electron chi connectivity index (χ1n) is 12.9. The molecule has 1 heterocycles. The molecule has 1 aliphatic heterocycles. The van der Waals surface area contributed by atoms with Gasteiger partial charge in [-0.1, -0.05) is 18.2 Å². The summed E-state index contributed by atoms with van der Waals surface area (Å²) in [5, 5.41) is 0. The highest BCUT2D eigenvalue weighted by atomic mass is 32.2. The van der Waals surface area contributed by atoms with Crippen LogP contribution in [-0.2, 0) is 29.0 Å². The first kappa shape index (κ1) is 26.4. The zero-order valence-electron chi connectivity index (χ0n) is 20.6. The van der Waals surface area contributed by atoms with E-state index in [2.05, 4.69) is 9.62 Å². The Kier molecular flexibility index (Phi) is 7.53. The van der Waals surface area contributed by atoms with Gasteiger partial charge in [-0.15, -0.1) is 0 Å². The van der Waals surface area contributed by atoms with Gasteiger partial charge >= 0.3 is 6.18 Å². The average molecular weight is 541 g/mol. The number of hydrogen-bond acceptors (Lipinski definition) is 4. The van der Waals surface area contributed by atoms with E-state index in [0.717, 1.165) is 56.1 Å². The van der Waals surface area contributed by atoms with E-state index in [1.807, 2.05) is 0 Å². The fourth-order valence-electron chi connectivity index (χ4n) is 5.43. The third-order valence-electron chi connectivity index (χ3n) is 7.63. The van der Waals surface area contributed by atoms with Gasteiger partial charge in [0, 0.05) is 13.1 Å². The molecule has 2 atom stereocenters. The van der Waals surface area contributed by atoms with Gasteiger partial charge in [-0.3, -0.25) is 0 Å². The Hall–Kier alpha value is -2.17. The molecule has 2 aliphatic carbocycles. The van der Waals surface area contributed by atoms with E-state index < -0.39 is 27.6 Å². The van der Waals surface area contributed by atoms with Crippen LogP contribution in [0.15, 0.2) is 36.4 Å². The summed E-state index contributed by atoms with van der Waals surface area (Å²) >= 11 is 0. The van der Waals surface area contributed by atoms with Crippen LogP contribution in [0.4, 0.5) is 17.6 Å². The lowest BCUT2D eigenvalue weighted by Crippen LogP contribution is -2.41. The van der Waals surface area contributed by atoms with Crippen molar-refractivity contribution in [1.29, 1.82) is 0 Å². The molecule has 2 aromatic rings. The van der Waals surface area contributed by atoms with Crippen LogP contribution in [0.1, 0.15) is 47.4 Å². The summed E-state index contributed by atoms with van der Waals surface area (Å²) < 4.78 is 87.0. The molecule has 2 fully saturated rings. The van der Waals surface area contributed by atoms with E-state index in [1.54, 1.807) is 12.1 Å². The molecule has 10 heteroatoms. The third-order valence-corrected chi connectivity index (χ3v) is 9.18. The highest BCUT2D eigenvalue weighted by Crippen LogP contribution is 2.44. The first-order chi connectivity index (χ1) is 17.6. The first-order valence-corrected chi connectivity index (χ1v) is 14.5. The van der Waals surface area contributed by atoms with Gasteiger partial charge in [0.25, 0.3) is 0 Å². The maximum Gasteiger partial charge on any atom is 0.416 e. The molecule has 5 rings (SSSR count). The van der Waals surface area contributed by atoms with Gasteiger partial charge in [0.1, 0.15) is 6.61 Å². The van der Waals surface area contributed by atoms with Gasteiger partial charge in [-0.2, -0.15) is 13.2 Å². The van der Waals surface area contributed by atoms with Crippen molar-refractivity contribution in [1.82, 2.24) is 9.62 Å². The number of halogens is 4. The molecule has 0 amide bonds. The lowest BCUT2D eigenvalue weighted by Gasteiger charge is -2.35. The lowest BCUT2D eigenvalue weighted by molar-refractivity contribution is -0.137. The van der Waals surface area contributed by atoms with Gasteiger partial charge in [0.2, 0.25) is 10.0 Å². The molecule has 0 radical (unpaired) electrons. The van der Waals surface area contributed by atoms with Crippen LogP contribution in [0, 0.1) is 17.7 Å². The van der Waals surface area contributed by atoms with Crippen molar-refractivity contribution < 1.29 is 30.7 Å². The molecule has 2 unspecified atom stereocenters. The summed E-state index contributed by atoms with van der Waals surface area (Å²) in [6.45, 7) is 2.84. The van der Waals surface area contributed by atoms with Crippen LogP contribution in [-0.4, -0.2) is 51.9 Å². The second-order valence-electron chi connectivity index (χ2n) is 10.6. The predicted octanol–water partition coefficient (Wildman–Crippen LogP) is 4.76. The van der Waals surface area contributed by atoms with Crippen LogP contribution >= 0.6 is 0 Å². The molecular formula is C27H32F4N2O3S. The number of hydrogen-bond donors (Lipinski definition) is 1. The van der Waals surface area contributed by atoms with E-state index in [-0.39, 0.29) is 42.4 Å². The number of ether oxygens (including phenoxy) is 1. The second-order valence-corrected chi connectivity index (χ2v) is 12.4. The quantitative estimate of drug-likeness (QED) is 0.330. The van der Waals surface area contributed by atoms with Crippen molar-refractivity contribution >= 4 is 10.0 Å². The van der Waals surface area contributed by atoms with Crippen molar-refractivity contribution in [3.8, 4) is 5.75 Å². The minimum atomic E-state index is -4.41. The second kappa shape index (κ2) is 10.5. The van der Waals surface area contributed by atoms with E-state index in [0.29, 0.717) is 18.4 Å². The van der Waals surface area contributed by atoms with Crippen molar-refractivity contribution in [2.24, 2.45) is 11.8 Å². The number of benzene rings is 2. The van der Waals surface area contributed by atoms with Crippen LogP contribution in [0.25, 0.3) is 0 Å². The van der Waals surface area contributed by atoms with Crippen LogP contribution in [0.2, 0.25) is 0 Å². The number of fused-ring (bicyclic) bond motifs is 1. The Morgan fingerprint density at radius 3 is 2.57 bits per heavy atom. The molecule has 0 spiro atoms. The van der Waals surface area contributed by atoms with Gasteiger partial charge in [-0.05, 0) is 97.8 Å². The Bertz CT molecular complexity index is 1230. The summed E-state index contributed by atoms with van der Waals surface area (Å²) in [5.74, 6) is -0.0466. The van der Waals surface area contributed by atoms with Gasteiger partial charge in [0.15, 0.2) is 11.6 Å². The number of sulfonamides is 1. The number of nitrogens with zero attached hydrogens (tertiary/aromatic N) is 1. The fraction of sp³-hybridized carbons (Fsp3) is 0.556. The molecule has 5 nitrogen and oxygen atoms in total. The Labute approximate surface area is 215 Å². The zero-order chi connectivity index (χ0) is 26.2. The smallest absolute Gasteiger partial charge is 0.416 e. The van der Waals surface area contributed by atoms with Gasteiger partial charge in [-0.25, -0.2) is 17.5 Å². The van der Waals surface area contributed by atoms with Crippen LogP contribution in [0.3, 0.4) is 0 Å². The molecule has 1 saturated carbocycles. The molecule has 1 N–H and O–H groups in total. The van der Waals surface area contributed by atoms with Gasteiger partial charge < -0.3 is 9.64 Å². The fourth-order valence-corrected chi connectivity index (χ4v) is 6.89. The molecule has 202 valence electrons. The minimum absolute atomic E-state index is 0.0187. The zero-order valence-corrected chi connectivity index (χ0v) is 21.4. The van der Waals surface area contributed by atoms with Crippen LogP contribution < -0.4 is 9.46 Å².